The Labute approximate surface area is 107 Å². The quantitative estimate of drug-likeness (QED) is 0.784. The zero-order valence-electron chi connectivity index (χ0n) is 11.0. The maximum Gasteiger partial charge on any atom is 0.227 e. The lowest BCUT2D eigenvalue weighted by Crippen LogP contribution is -2.26. The second kappa shape index (κ2) is 6.79. The Morgan fingerprint density at radius 2 is 1.83 bits per heavy atom. The summed E-state index contributed by atoms with van der Waals surface area (Å²) in [7, 11) is 1.61. The number of nitrogens with one attached hydrogen (secondary N) is 1. The molecule has 1 N–H and O–H groups in total. The lowest BCUT2D eigenvalue weighted by atomic mass is 10.1. The number of methoxy groups -OCH3 is 1. The molecule has 0 aromatic heterocycles. The minimum atomic E-state index is -0.232. The standard InChI is InChI=1S/C14H19NO3/c1-10(2)13(16)8-14(17)15-9-11-4-6-12(18-3)7-5-11/h4-7,10H,8-9H2,1-3H3,(H,15,17). The van der Waals surface area contributed by atoms with Crippen molar-refractivity contribution in [3.63, 3.8) is 0 Å². The van der Waals surface area contributed by atoms with Crippen molar-refractivity contribution in [1.82, 2.24) is 5.32 Å². The summed E-state index contributed by atoms with van der Waals surface area (Å²) in [6, 6.07) is 7.42. The molecule has 0 aliphatic rings. The predicted molar refractivity (Wildman–Crippen MR) is 69.3 cm³/mol. The number of ketones is 1. The Kier molecular flexibility index (Phi) is 5.36. The molecule has 0 aliphatic carbocycles. The van der Waals surface area contributed by atoms with Crippen LogP contribution in [0, 0.1) is 5.92 Å². The van der Waals surface area contributed by atoms with Crippen molar-refractivity contribution < 1.29 is 14.3 Å². The zero-order valence-corrected chi connectivity index (χ0v) is 11.0. The fraction of sp³-hybridized carbons (Fsp3) is 0.429. The van der Waals surface area contributed by atoms with E-state index in [1.807, 2.05) is 24.3 Å². The highest BCUT2D eigenvalue weighted by Gasteiger charge is 2.12. The average Bonchev–Trinajstić information content (AvgIpc) is 2.36. The minimum absolute atomic E-state index is 0.0396. The van der Waals surface area contributed by atoms with Crippen LogP contribution in [0.3, 0.4) is 0 Å². The Balaban J connectivity index is 2.40. The van der Waals surface area contributed by atoms with Gasteiger partial charge in [0.05, 0.1) is 13.5 Å². The van der Waals surface area contributed by atoms with E-state index >= 15 is 0 Å². The summed E-state index contributed by atoms with van der Waals surface area (Å²) in [6.07, 6.45) is -0.0478. The summed E-state index contributed by atoms with van der Waals surface area (Å²) in [4.78, 5) is 22.9. The van der Waals surface area contributed by atoms with Crippen molar-refractivity contribution in [1.29, 1.82) is 0 Å². The molecule has 1 amide bonds. The molecule has 4 nitrogen and oxygen atoms in total. The number of carbonyl (C=O) groups is 2. The van der Waals surface area contributed by atoms with Gasteiger partial charge in [-0.1, -0.05) is 26.0 Å². The highest BCUT2D eigenvalue weighted by atomic mass is 16.5. The molecule has 0 heterocycles. The van der Waals surface area contributed by atoms with Gasteiger partial charge < -0.3 is 10.1 Å². The van der Waals surface area contributed by atoms with Gasteiger partial charge in [-0.15, -0.1) is 0 Å². The van der Waals surface area contributed by atoms with Crippen LogP contribution in [-0.4, -0.2) is 18.8 Å². The van der Waals surface area contributed by atoms with Crippen LogP contribution in [0.15, 0.2) is 24.3 Å². The van der Waals surface area contributed by atoms with E-state index in [1.165, 1.54) is 0 Å². The number of benzene rings is 1. The van der Waals surface area contributed by atoms with Crippen LogP contribution in [0.5, 0.6) is 5.75 Å². The monoisotopic (exact) mass is 249 g/mol. The summed E-state index contributed by atoms with van der Waals surface area (Å²) < 4.78 is 5.04. The van der Waals surface area contributed by atoms with Gasteiger partial charge in [0.15, 0.2) is 0 Å². The molecule has 0 bridgehead atoms. The van der Waals surface area contributed by atoms with E-state index in [4.69, 9.17) is 4.74 Å². The molecule has 0 saturated heterocycles. The average molecular weight is 249 g/mol. The van der Waals surface area contributed by atoms with Crippen LogP contribution in [0.2, 0.25) is 0 Å². The van der Waals surface area contributed by atoms with Crippen molar-refractivity contribution in [2.75, 3.05) is 7.11 Å². The van der Waals surface area contributed by atoms with E-state index in [0.717, 1.165) is 11.3 Å². The van der Waals surface area contributed by atoms with E-state index in [1.54, 1.807) is 21.0 Å². The Hall–Kier alpha value is -1.84. The zero-order chi connectivity index (χ0) is 13.5. The smallest absolute Gasteiger partial charge is 0.227 e. The van der Waals surface area contributed by atoms with Gasteiger partial charge in [0.2, 0.25) is 5.91 Å². The van der Waals surface area contributed by atoms with Gasteiger partial charge in [0, 0.05) is 12.5 Å². The first-order valence-electron chi connectivity index (χ1n) is 5.95. The van der Waals surface area contributed by atoms with Crippen LogP contribution in [0.25, 0.3) is 0 Å². The van der Waals surface area contributed by atoms with Gasteiger partial charge in [-0.05, 0) is 17.7 Å². The summed E-state index contributed by atoms with van der Waals surface area (Å²) in [6.45, 7) is 4.01. The minimum Gasteiger partial charge on any atom is -0.497 e. The number of Topliss-reactive ketones (excluding diaryl/α,β-unsaturated/α-hetero) is 1. The summed E-state index contributed by atoms with van der Waals surface area (Å²) in [5, 5.41) is 2.72. The van der Waals surface area contributed by atoms with Gasteiger partial charge in [-0.25, -0.2) is 0 Å². The molecule has 0 unspecified atom stereocenters. The van der Waals surface area contributed by atoms with Gasteiger partial charge in [-0.2, -0.15) is 0 Å². The number of ether oxygens (including phenoxy) is 1. The fourth-order valence-corrected chi connectivity index (χ4v) is 1.37. The van der Waals surface area contributed by atoms with E-state index < -0.39 is 0 Å². The third-order valence-electron chi connectivity index (χ3n) is 2.63. The van der Waals surface area contributed by atoms with E-state index in [-0.39, 0.29) is 24.0 Å². The molecule has 0 atom stereocenters. The Bertz CT molecular complexity index is 410. The molecule has 1 aromatic carbocycles. The number of hydrogen-bond acceptors (Lipinski definition) is 3. The van der Waals surface area contributed by atoms with Gasteiger partial charge in [0.25, 0.3) is 0 Å². The van der Waals surface area contributed by atoms with Crippen molar-refractivity contribution in [3.8, 4) is 5.75 Å². The number of rotatable bonds is 6. The first-order chi connectivity index (χ1) is 8.52. The molecule has 0 fully saturated rings. The van der Waals surface area contributed by atoms with Crippen molar-refractivity contribution in [3.05, 3.63) is 29.8 Å². The molecule has 4 heteroatoms. The third-order valence-corrected chi connectivity index (χ3v) is 2.63. The Morgan fingerprint density at radius 1 is 1.22 bits per heavy atom. The van der Waals surface area contributed by atoms with E-state index in [0.29, 0.717) is 6.54 Å². The Morgan fingerprint density at radius 3 is 2.33 bits per heavy atom. The largest absolute Gasteiger partial charge is 0.497 e. The highest BCUT2D eigenvalue weighted by Crippen LogP contribution is 2.11. The van der Waals surface area contributed by atoms with Crippen LogP contribution in [-0.2, 0) is 16.1 Å². The first kappa shape index (κ1) is 14.2. The third kappa shape index (κ3) is 4.57. The molecule has 1 aromatic rings. The molecule has 0 aliphatic heterocycles. The van der Waals surface area contributed by atoms with E-state index in [9.17, 15) is 9.59 Å². The molecule has 98 valence electrons. The van der Waals surface area contributed by atoms with Crippen molar-refractivity contribution in [2.24, 2.45) is 5.92 Å². The van der Waals surface area contributed by atoms with Crippen LogP contribution < -0.4 is 10.1 Å². The van der Waals surface area contributed by atoms with Gasteiger partial charge >= 0.3 is 0 Å². The topological polar surface area (TPSA) is 55.4 Å². The molecule has 0 saturated carbocycles. The van der Waals surface area contributed by atoms with Crippen LogP contribution in [0.4, 0.5) is 0 Å². The molecular formula is C14H19NO3. The molecule has 1 rings (SSSR count). The summed E-state index contributed by atoms with van der Waals surface area (Å²) in [5.74, 6) is 0.406. The fourth-order valence-electron chi connectivity index (χ4n) is 1.37. The second-order valence-corrected chi connectivity index (χ2v) is 4.42. The maximum atomic E-state index is 11.5. The van der Waals surface area contributed by atoms with Crippen LogP contribution >= 0.6 is 0 Å². The lowest BCUT2D eigenvalue weighted by Gasteiger charge is -2.07. The molecular weight excluding hydrogens is 230 g/mol. The molecule has 0 radical (unpaired) electrons. The molecule has 18 heavy (non-hydrogen) atoms. The summed E-state index contributed by atoms with van der Waals surface area (Å²) >= 11 is 0. The second-order valence-electron chi connectivity index (χ2n) is 4.42. The number of carbonyl (C=O) groups excluding carboxylic acids is 2. The van der Waals surface area contributed by atoms with Gasteiger partial charge in [-0.3, -0.25) is 9.59 Å². The lowest BCUT2D eigenvalue weighted by molar-refractivity contribution is -0.129. The summed E-state index contributed by atoms with van der Waals surface area (Å²) in [5.41, 5.74) is 0.973. The highest BCUT2D eigenvalue weighted by molar-refractivity contribution is 5.98. The van der Waals surface area contributed by atoms with Crippen molar-refractivity contribution >= 4 is 11.7 Å². The van der Waals surface area contributed by atoms with Crippen molar-refractivity contribution in [2.45, 2.75) is 26.8 Å². The first-order valence-corrected chi connectivity index (χ1v) is 5.95. The predicted octanol–water partition coefficient (Wildman–Crippen LogP) is 1.93. The van der Waals surface area contributed by atoms with Crippen LogP contribution in [0.1, 0.15) is 25.8 Å². The number of amides is 1. The van der Waals surface area contributed by atoms with E-state index in [2.05, 4.69) is 5.32 Å². The molecule has 0 spiro atoms. The van der Waals surface area contributed by atoms with Gasteiger partial charge in [0.1, 0.15) is 11.5 Å². The SMILES string of the molecule is COc1ccc(CNC(=O)CC(=O)C(C)C)cc1. The maximum absolute atomic E-state index is 11.5. The normalized spacial score (nSPS) is 10.2. The number of hydrogen-bond donors (Lipinski definition) is 1.